The molecule has 2 heteroatoms. The van der Waals surface area contributed by atoms with E-state index < -0.39 is 5.54 Å². The molecular weight excluding hydrogens is 232 g/mol. The summed E-state index contributed by atoms with van der Waals surface area (Å²) in [4.78, 5) is 4.29. The predicted octanol–water partition coefficient (Wildman–Crippen LogP) is 3.54. The van der Waals surface area contributed by atoms with Crippen molar-refractivity contribution in [3.63, 3.8) is 0 Å². The highest BCUT2D eigenvalue weighted by molar-refractivity contribution is 5.96. The van der Waals surface area contributed by atoms with Crippen molar-refractivity contribution in [1.82, 2.24) is 0 Å². The first-order chi connectivity index (χ1) is 9.00. The molecule has 0 radical (unpaired) electrons. The van der Waals surface area contributed by atoms with E-state index in [4.69, 9.17) is 5.73 Å². The van der Waals surface area contributed by atoms with E-state index in [0.717, 1.165) is 16.8 Å². The zero-order valence-corrected chi connectivity index (χ0v) is 12.0. The zero-order chi connectivity index (χ0) is 14.5. The van der Waals surface area contributed by atoms with Gasteiger partial charge in [0.25, 0.3) is 0 Å². The van der Waals surface area contributed by atoms with Crippen LogP contribution in [0.1, 0.15) is 18.1 Å². The van der Waals surface area contributed by atoms with Gasteiger partial charge in [-0.05, 0) is 25.0 Å². The van der Waals surface area contributed by atoms with Gasteiger partial charge < -0.3 is 5.73 Å². The summed E-state index contributed by atoms with van der Waals surface area (Å²) >= 11 is 0. The van der Waals surface area contributed by atoms with Crippen LogP contribution in [-0.4, -0.2) is 12.8 Å². The van der Waals surface area contributed by atoms with E-state index in [1.807, 2.05) is 38.1 Å². The Morgan fingerprint density at radius 2 is 2.05 bits per heavy atom. The summed E-state index contributed by atoms with van der Waals surface area (Å²) in [6.45, 7) is 11.6. The molecule has 1 atom stereocenters. The van der Waals surface area contributed by atoms with Crippen molar-refractivity contribution in [2.45, 2.75) is 19.4 Å². The van der Waals surface area contributed by atoms with Crippen LogP contribution in [-0.2, 0) is 5.54 Å². The largest absolute Gasteiger partial charge is 0.313 e. The van der Waals surface area contributed by atoms with Crippen LogP contribution in [0.4, 0.5) is 0 Å². The van der Waals surface area contributed by atoms with Crippen LogP contribution in [0.2, 0.25) is 0 Å². The minimum atomic E-state index is -0.767. The Hall–Kier alpha value is -1.93. The van der Waals surface area contributed by atoms with E-state index in [2.05, 4.69) is 24.2 Å². The summed E-state index contributed by atoms with van der Waals surface area (Å²) in [5, 5.41) is 0. The molecule has 0 heterocycles. The van der Waals surface area contributed by atoms with Crippen molar-refractivity contribution in [3.05, 3.63) is 72.4 Å². The molecular formula is C17H22N2. The maximum atomic E-state index is 6.66. The topological polar surface area (TPSA) is 38.4 Å². The first-order valence-corrected chi connectivity index (χ1v) is 6.26. The molecule has 0 aliphatic heterocycles. The Morgan fingerprint density at radius 1 is 1.37 bits per heavy atom. The summed E-state index contributed by atoms with van der Waals surface area (Å²) in [6, 6.07) is 8.15. The van der Waals surface area contributed by atoms with Crippen LogP contribution >= 0.6 is 0 Å². The second kappa shape index (κ2) is 6.30. The summed E-state index contributed by atoms with van der Waals surface area (Å²) in [5.74, 6) is 0. The van der Waals surface area contributed by atoms with Crippen LogP contribution in [0, 0.1) is 6.92 Å². The lowest BCUT2D eigenvalue weighted by Gasteiger charge is -2.32. The van der Waals surface area contributed by atoms with Crippen molar-refractivity contribution < 1.29 is 0 Å². The SMILES string of the molecule is C=C/C=C(\C=C)C(N)(C(C)=NC)c1cccc(C)c1. The third kappa shape index (κ3) is 2.91. The minimum absolute atomic E-state index is 0.767. The number of rotatable bonds is 5. The third-order valence-electron chi connectivity index (χ3n) is 3.35. The minimum Gasteiger partial charge on any atom is -0.313 e. The number of allylic oxidation sites excluding steroid dienone is 2. The molecule has 1 aromatic carbocycles. The van der Waals surface area contributed by atoms with Gasteiger partial charge in [-0.1, -0.05) is 61.2 Å². The van der Waals surface area contributed by atoms with E-state index in [9.17, 15) is 0 Å². The second-order valence-corrected chi connectivity index (χ2v) is 4.55. The average molecular weight is 254 g/mol. The number of hydrogen-bond donors (Lipinski definition) is 1. The maximum Gasteiger partial charge on any atom is 0.105 e. The van der Waals surface area contributed by atoms with Gasteiger partial charge in [-0.3, -0.25) is 4.99 Å². The van der Waals surface area contributed by atoms with E-state index >= 15 is 0 Å². The fourth-order valence-corrected chi connectivity index (χ4v) is 2.14. The van der Waals surface area contributed by atoms with Crippen LogP contribution in [0.5, 0.6) is 0 Å². The van der Waals surface area contributed by atoms with E-state index in [0.29, 0.717) is 0 Å². The summed E-state index contributed by atoms with van der Waals surface area (Å²) in [7, 11) is 1.75. The fourth-order valence-electron chi connectivity index (χ4n) is 2.14. The molecule has 0 aromatic heterocycles. The smallest absolute Gasteiger partial charge is 0.105 e. The van der Waals surface area contributed by atoms with Crippen LogP contribution < -0.4 is 5.73 Å². The summed E-state index contributed by atoms with van der Waals surface area (Å²) in [5.41, 5.74) is 9.79. The number of benzene rings is 1. The highest BCUT2D eigenvalue weighted by Gasteiger charge is 2.33. The van der Waals surface area contributed by atoms with Gasteiger partial charge in [0.05, 0.1) is 0 Å². The van der Waals surface area contributed by atoms with Crippen molar-refractivity contribution in [2.75, 3.05) is 7.05 Å². The zero-order valence-electron chi connectivity index (χ0n) is 12.0. The Kier molecular flexibility index (Phi) is 5.02. The van der Waals surface area contributed by atoms with Gasteiger partial charge in [0.15, 0.2) is 0 Å². The normalized spacial score (nSPS) is 15.8. The van der Waals surface area contributed by atoms with Crippen molar-refractivity contribution in [2.24, 2.45) is 10.7 Å². The fraction of sp³-hybridized carbons (Fsp3) is 0.235. The van der Waals surface area contributed by atoms with Gasteiger partial charge in [0, 0.05) is 12.8 Å². The van der Waals surface area contributed by atoms with E-state index in [1.165, 1.54) is 5.56 Å². The molecule has 0 aliphatic carbocycles. The molecule has 0 saturated heterocycles. The molecule has 1 unspecified atom stereocenters. The van der Waals surface area contributed by atoms with Crippen molar-refractivity contribution >= 4 is 5.71 Å². The summed E-state index contributed by atoms with van der Waals surface area (Å²) in [6.07, 6.45) is 5.36. The lowest BCUT2D eigenvalue weighted by molar-refractivity contribution is 0.720. The van der Waals surface area contributed by atoms with Gasteiger partial charge in [0.2, 0.25) is 0 Å². The van der Waals surface area contributed by atoms with Gasteiger partial charge in [-0.2, -0.15) is 0 Å². The van der Waals surface area contributed by atoms with Crippen molar-refractivity contribution in [1.29, 1.82) is 0 Å². The molecule has 0 spiro atoms. The van der Waals surface area contributed by atoms with Crippen LogP contribution in [0.3, 0.4) is 0 Å². The average Bonchev–Trinajstić information content (AvgIpc) is 2.42. The van der Waals surface area contributed by atoms with Crippen LogP contribution in [0.15, 0.2) is 66.2 Å². The van der Waals surface area contributed by atoms with E-state index in [-0.39, 0.29) is 0 Å². The van der Waals surface area contributed by atoms with Crippen LogP contribution in [0.25, 0.3) is 0 Å². The monoisotopic (exact) mass is 254 g/mol. The van der Waals surface area contributed by atoms with E-state index in [1.54, 1.807) is 19.2 Å². The molecule has 0 bridgehead atoms. The lowest BCUT2D eigenvalue weighted by atomic mass is 9.79. The molecule has 1 aromatic rings. The quantitative estimate of drug-likeness (QED) is 0.633. The molecule has 2 N–H and O–H groups in total. The Labute approximate surface area is 116 Å². The molecule has 0 saturated carbocycles. The Bertz CT molecular complexity index is 538. The number of aliphatic imine (C=N–C) groups is 1. The molecule has 19 heavy (non-hydrogen) atoms. The molecule has 0 amide bonds. The molecule has 1 rings (SSSR count). The van der Waals surface area contributed by atoms with Crippen molar-refractivity contribution in [3.8, 4) is 0 Å². The third-order valence-corrected chi connectivity index (χ3v) is 3.35. The van der Waals surface area contributed by atoms with Gasteiger partial charge in [-0.25, -0.2) is 0 Å². The number of aryl methyl sites for hydroxylation is 1. The highest BCUT2D eigenvalue weighted by atomic mass is 14.8. The Balaban J connectivity index is 3.57. The number of nitrogens with two attached hydrogens (primary N) is 1. The van der Waals surface area contributed by atoms with Gasteiger partial charge in [0.1, 0.15) is 5.54 Å². The second-order valence-electron chi connectivity index (χ2n) is 4.55. The first kappa shape index (κ1) is 15.1. The maximum absolute atomic E-state index is 6.66. The number of hydrogen-bond acceptors (Lipinski definition) is 2. The van der Waals surface area contributed by atoms with Gasteiger partial charge in [-0.15, -0.1) is 0 Å². The predicted molar refractivity (Wildman–Crippen MR) is 84.6 cm³/mol. The molecule has 100 valence electrons. The molecule has 0 fully saturated rings. The van der Waals surface area contributed by atoms with Gasteiger partial charge >= 0.3 is 0 Å². The lowest BCUT2D eigenvalue weighted by Crippen LogP contribution is -2.45. The number of nitrogens with zero attached hydrogens (tertiary/aromatic N) is 1. The first-order valence-electron chi connectivity index (χ1n) is 6.26. The standard InChI is InChI=1S/C17H22N2/c1-6-9-15(7-2)17(18,14(4)19-5)16-11-8-10-13(3)12-16/h6-12H,1-2,18H2,3-5H3/b15-9+,19-14?. The molecule has 2 nitrogen and oxygen atoms in total. The highest BCUT2D eigenvalue weighted by Crippen LogP contribution is 2.30. The summed E-state index contributed by atoms with van der Waals surface area (Å²) < 4.78 is 0. The molecule has 0 aliphatic rings. The Morgan fingerprint density at radius 3 is 2.53 bits per heavy atom.